The van der Waals surface area contributed by atoms with Crippen molar-refractivity contribution in [1.82, 2.24) is 29.7 Å². The molecule has 0 saturated carbocycles. The fraction of sp³-hybridized carbons (Fsp3) is 0.292. The maximum Gasteiger partial charge on any atom is 0.267 e. The highest BCUT2D eigenvalue weighted by Crippen LogP contribution is 2.27. The van der Waals surface area contributed by atoms with Gasteiger partial charge in [-0.15, -0.1) is 10.2 Å². The molecule has 0 bridgehead atoms. The van der Waals surface area contributed by atoms with E-state index in [-0.39, 0.29) is 17.3 Å². The topological polar surface area (TPSA) is 91.6 Å². The molecule has 0 aliphatic carbocycles. The van der Waals surface area contributed by atoms with E-state index in [1.165, 1.54) is 22.9 Å². The first-order valence-electron chi connectivity index (χ1n) is 10.7. The number of aromatic nitrogens is 6. The summed E-state index contributed by atoms with van der Waals surface area (Å²) in [5.74, 6) is 1.79. The minimum atomic E-state index is -0.301. The van der Waals surface area contributed by atoms with Gasteiger partial charge in [-0.25, -0.2) is 9.07 Å². The normalized spacial score (nSPS) is 12.5. The van der Waals surface area contributed by atoms with Crippen LogP contribution in [0.5, 0.6) is 0 Å². The second-order valence-corrected chi connectivity index (χ2v) is 8.01. The van der Waals surface area contributed by atoms with Crippen LogP contribution in [0.1, 0.15) is 43.6 Å². The van der Waals surface area contributed by atoms with E-state index in [1.54, 1.807) is 25.4 Å². The van der Waals surface area contributed by atoms with Crippen LogP contribution in [0.4, 0.5) is 4.39 Å². The lowest BCUT2D eigenvalue weighted by molar-refractivity contribution is 0.414. The predicted molar refractivity (Wildman–Crippen MR) is 123 cm³/mol. The molecule has 1 aromatic carbocycles. The van der Waals surface area contributed by atoms with Crippen LogP contribution in [0, 0.1) is 5.82 Å². The van der Waals surface area contributed by atoms with Gasteiger partial charge in [0.15, 0.2) is 17.4 Å². The van der Waals surface area contributed by atoms with Crippen molar-refractivity contribution in [2.45, 2.75) is 32.1 Å². The first-order chi connectivity index (χ1) is 15.9. The van der Waals surface area contributed by atoms with Gasteiger partial charge in [0.1, 0.15) is 5.82 Å². The predicted octanol–water partition coefficient (Wildman–Crippen LogP) is 4.36. The lowest BCUT2D eigenvalue weighted by Crippen LogP contribution is -2.18. The fourth-order valence-corrected chi connectivity index (χ4v) is 3.51. The molecule has 0 spiro atoms. The average Bonchev–Trinajstić information content (AvgIpc) is 3.43. The molecule has 0 N–H and O–H groups in total. The SMILES string of the molecule is C[C@H](CCC/C=C\c1nnc(-c2cnn(C)c(=O)c2)n1C)c1cc(-c2cccc(F)c2)on1. The molecular weight excluding hydrogens is 423 g/mol. The van der Waals surface area contributed by atoms with Gasteiger partial charge in [-0.1, -0.05) is 30.3 Å². The maximum atomic E-state index is 13.4. The molecule has 4 rings (SSSR count). The van der Waals surface area contributed by atoms with Gasteiger partial charge >= 0.3 is 0 Å². The van der Waals surface area contributed by atoms with Crippen LogP contribution < -0.4 is 5.56 Å². The van der Waals surface area contributed by atoms with Gasteiger partial charge in [-0.2, -0.15) is 5.10 Å². The Labute approximate surface area is 190 Å². The fourth-order valence-electron chi connectivity index (χ4n) is 3.51. The van der Waals surface area contributed by atoms with E-state index in [4.69, 9.17) is 4.52 Å². The summed E-state index contributed by atoms with van der Waals surface area (Å²) in [6.07, 6.45) is 8.35. The Morgan fingerprint density at radius 1 is 1.15 bits per heavy atom. The van der Waals surface area contributed by atoms with Gasteiger partial charge in [-0.05, 0) is 37.5 Å². The number of allylic oxidation sites excluding steroid dienone is 1. The van der Waals surface area contributed by atoms with Crippen LogP contribution in [-0.4, -0.2) is 29.7 Å². The standard InChI is InChI=1S/C24H25FN6O2/c1-16(20-14-21(33-29-20)17-9-7-10-19(25)12-17)8-5-4-6-11-22-27-28-24(30(22)2)18-13-23(32)31(3)26-15-18/h6-7,9-16H,4-5,8H2,1-3H3/b11-6-/t16-/m1/s1. The van der Waals surface area contributed by atoms with Crippen LogP contribution in [0.15, 0.2) is 58.0 Å². The van der Waals surface area contributed by atoms with Crippen molar-refractivity contribution in [3.05, 3.63) is 76.4 Å². The molecule has 0 saturated heterocycles. The summed E-state index contributed by atoms with van der Waals surface area (Å²) < 4.78 is 21.9. The summed E-state index contributed by atoms with van der Waals surface area (Å²) in [6.45, 7) is 2.10. The van der Waals surface area contributed by atoms with Gasteiger partial charge in [0, 0.05) is 43.3 Å². The second-order valence-electron chi connectivity index (χ2n) is 8.01. The van der Waals surface area contributed by atoms with Crippen molar-refractivity contribution >= 4 is 6.08 Å². The third-order valence-corrected chi connectivity index (χ3v) is 5.55. The quantitative estimate of drug-likeness (QED) is 0.372. The zero-order chi connectivity index (χ0) is 23.4. The van der Waals surface area contributed by atoms with Gasteiger partial charge in [-0.3, -0.25) is 4.79 Å². The van der Waals surface area contributed by atoms with E-state index in [1.807, 2.05) is 23.8 Å². The second kappa shape index (κ2) is 9.72. The third-order valence-electron chi connectivity index (χ3n) is 5.55. The van der Waals surface area contributed by atoms with Crippen molar-refractivity contribution in [2.75, 3.05) is 0 Å². The van der Waals surface area contributed by atoms with Gasteiger partial charge < -0.3 is 9.09 Å². The third kappa shape index (κ3) is 5.14. The highest BCUT2D eigenvalue weighted by molar-refractivity contribution is 5.57. The van der Waals surface area contributed by atoms with Crippen molar-refractivity contribution in [2.24, 2.45) is 14.1 Å². The summed E-state index contributed by atoms with van der Waals surface area (Å²) in [6, 6.07) is 9.66. The van der Waals surface area contributed by atoms with Crippen molar-refractivity contribution < 1.29 is 8.91 Å². The van der Waals surface area contributed by atoms with Crippen molar-refractivity contribution in [3.8, 4) is 22.7 Å². The number of rotatable bonds is 8. The molecule has 0 aliphatic rings. The van der Waals surface area contributed by atoms with Crippen molar-refractivity contribution in [3.63, 3.8) is 0 Å². The van der Waals surface area contributed by atoms with Gasteiger partial charge in [0.25, 0.3) is 5.56 Å². The number of hydrogen-bond donors (Lipinski definition) is 0. The Kier molecular flexibility index (Phi) is 6.58. The van der Waals surface area contributed by atoms with E-state index in [9.17, 15) is 9.18 Å². The van der Waals surface area contributed by atoms with E-state index >= 15 is 0 Å². The molecule has 0 aliphatic heterocycles. The molecule has 4 aromatic rings. The van der Waals surface area contributed by atoms with Crippen LogP contribution in [-0.2, 0) is 14.1 Å². The molecule has 0 fully saturated rings. The Hall–Kier alpha value is -3.88. The molecule has 1 atom stereocenters. The van der Waals surface area contributed by atoms with E-state index < -0.39 is 0 Å². The molecule has 170 valence electrons. The number of aryl methyl sites for hydroxylation is 1. The first kappa shape index (κ1) is 22.3. The van der Waals surface area contributed by atoms with Gasteiger partial charge in [0.05, 0.1) is 11.9 Å². The molecule has 0 amide bonds. The number of nitrogens with zero attached hydrogens (tertiary/aromatic N) is 6. The summed E-state index contributed by atoms with van der Waals surface area (Å²) in [4.78, 5) is 11.8. The highest BCUT2D eigenvalue weighted by atomic mass is 19.1. The average molecular weight is 449 g/mol. The Balaban J connectivity index is 1.31. The highest BCUT2D eigenvalue weighted by Gasteiger charge is 2.13. The number of hydrogen-bond acceptors (Lipinski definition) is 6. The summed E-state index contributed by atoms with van der Waals surface area (Å²) in [5, 5.41) is 16.6. The zero-order valence-electron chi connectivity index (χ0n) is 18.8. The summed E-state index contributed by atoms with van der Waals surface area (Å²) in [5.41, 5.74) is 1.97. The lowest BCUT2D eigenvalue weighted by Gasteiger charge is -2.05. The summed E-state index contributed by atoms with van der Waals surface area (Å²) >= 11 is 0. The summed E-state index contributed by atoms with van der Waals surface area (Å²) in [7, 11) is 3.46. The largest absolute Gasteiger partial charge is 0.356 e. The first-order valence-corrected chi connectivity index (χ1v) is 10.7. The van der Waals surface area contributed by atoms with Crippen LogP contribution in [0.2, 0.25) is 0 Å². The van der Waals surface area contributed by atoms with E-state index in [2.05, 4.69) is 33.5 Å². The molecule has 3 aromatic heterocycles. The molecule has 9 heteroatoms. The van der Waals surface area contributed by atoms with E-state index in [0.717, 1.165) is 25.0 Å². The Bertz CT molecular complexity index is 1340. The lowest BCUT2D eigenvalue weighted by atomic mass is 9.99. The zero-order valence-corrected chi connectivity index (χ0v) is 18.8. The molecule has 0 unspecified atom stereocenters. The molecular formula is C24H25FN6O2. The smallest absolute Gasteiger partial charge is 0.267 e. The minimum absolute atomic E-state index is 0.197. The van der Waals surface area contributed by atoms with Gasteiger partial charge in [0.2, 0.25) is 0 Å². The monoisotopic (exact) mass is 448 g/mol. The van der Waals surface area contributed by atoms with Crippen LogP contribution in [0.3, 0.4) is 0 Å². The molecule has 33 heavy (non-hydrogen) atoms. The van der Waals surface area contributed by atoms with E-state index in [0.29, 0.717) is 28.5 Å². The maximum absolute atomic E-state index is 13.4. The molecule has 0 radical (unpaired) electrons. The number of benzene rings is 1. The number of halogens is 1. The van der Waals surface area contributed by atoms with Crippen LogP contribution >= 0.6 is 0 Å². The van der Waals surface area contributed by atoms with Crippen LogP contribution in [0.25, 0.3) is 28.8 Å². The number of unbranched alkanes of at least 4 members (excludes halogenated alkanes) is 1. The molecule has 3 heterocycles. The van der Waals surface area contributed by atoms with Crippen molar-refractivity contribution in [1.29, 1.82) is 0 Å². The minimum Gasteiger partial charge on any atom is -0.356 e. The Morgan fingerprint density at radius 3 is 2.79 bits per heavy atom. The molecule has 8 nitrogen and oxygen atoms in total. The Morgan fingerprint density at radius 2 is 2.00 bits per heavy atom.